The Morgan fingerprint density at radius 1 is 1.08 bits per heavy atom. The predicted molar refractivity (Wildman–Crippen MR) is 183 cm³/mol. The first kappa shape index (κ1) is 36.0. The highest BCUT2D eigenvalue weighted by Crippen LogP contribution is 2.50. The number of nitrogens with one attached hydrogen (secondary N) is 2. The number of anilines is 1. The smallest absolute Gasteiger partial charge is 0.412 e. The third-order valence-corrected chi connectivity index (χ3v) is 8.73. The molecule has 1 amide bonds. The molecule has 5 atom stereocenters. The van der Waals surface area contributed by atoms with Crippen molar-refractivity contribution in [2.45, 2.75) is 77.2 Å². The molecule has 0 spiro atoms. The summed E-state index contributed by atoms with van der Waals surface area (Å²) in [5.41, 5.74) is 2.59. The second kappa shape index (κ2) is 15.1. The largest absolute Gasteiger partial charge is 0.480 e. The van der Waals surface area contributed by atoms with Gasteiger partial charge in [-0.3, -0.25) is 15.4 Å². The summed E-state index contributed by atoms with van der Waals surface area (Å²) in [5, 5.41) is 30.2. The van der Waals surface area contributed by atoms with E-state index in [-0.39, 0.29) is 34.8 Å². The first-order valence-electron chi connectivity index (χ1n) is 16.1. The van der Waals surface area contributed by atoms with Crippen molar-refractivity contribution in [3.05, 3.63) is 106 Å². The van der Waals surface area contributed by atoms with Gasteiger partial charge in [0.2, 0.25) is 0 Å². The fourth-order valence-corrected chi connectivity index (χ4v) is 6.03. The highest BCUT2D eigenvalue weighted by molar-refractivity contribution is 6.30. The number of halogens is 3. The molecule has 49 heavy (non-hydrogen) atoms. The molecule has 0 saturated heterocycles. The van der Waals surface area contributed by atoms with Crippen LogP contribution in [-0.2, 0) is 20.8 Å². The molecule has 1 aliphatic carbocycles. The molecular weight excluding hydrogens is 656 g/mol. The van der Waals surface area contributed by atoms with E-state index < -0.39 is 41.6 Å². The molecule has 12 heteroatoms. The quantitative estimate of drug-likeness (QED) is 0.150. The minimum Gasteiger partial charge on any atom is -0.480 e. The summed E-state index contributed by atoms with van der Waals surface area (Å²) in [7, 11) is 0. The number of nitrogens with zero attached hydrogens (tertiary/aromatic N) is 1. The lowest BCUT2D eigenvalue weighted by atomic mass is 9.93. The number of hydrogen-bond acceptors (Lipinski definition) is 7. The minimum atomic E-state index is -1.18. The van der Waals surface area contributed by atoms with Crippen LogP contribution in [0.5, 0.6) is 0 Å². The SMILES string of the molecule is CC1CC=C(c2ccc(NC(=O)OC(C)(C)C)cc2)ON=C1c1ccc(CC(NC(O)CC2CC2c2ccc(F)c(Cl)c2)C(=O)O)cc1F. The van der Waals surface area contributed by atoms with Gasteiger partial charge in [0.25, 0.3) is 0 Å². The van der Waals surface area contributed by atoms with Crippen molar-refractivity contribution < 1.29 is 38.2 Å². The number of ether oxygens (including phenoxy) is 1. The van der Waals surface area contributed by atoms with Crippen molar-refractivity contribution in [1.29, 1.82) is 0 Å². The third kappa shape index (κ3) is 9.65. The molecule has 5 unspecified atom stereocenters. The highest BCUT2D eigenvalue weighted by atomic mass is 35.5. The molecule has 3 aromatic carbocycles. The number of rotatable bonds is 11. The van der Waals surface area contributed by atoms with Gasteiger partial charge in [-0.25, -0.2) is 13.6 Å². The topological polar surface area (TPSA) is 129 Å². The van der Waals surface area contributed by atoms with E-state index in [0.717, 1.165) is 12.0 Å². The van der Waals surface area contributed by atoms with Crippen LogP contribution < -0.4 is 10.6 Å². The van der Waals surface area contributed by atoms with Gasteiger partial charge in [-0.2, -0.15) is 0 Å². The van der Waals surface area contributed by atoms with E-state index in [1.807, 2.05) is 13.0 Å². The maximum absolute atomic E-state index is 15.5. The van der Waals surface area contributed by atoms with Crippen LogP contribution in [0.4, 0.5) is 19.3 Å². The molecule has 1 fully saturated rings. The number of oxime groups is 1. The zero-order chi connectivity index (χ0) is 35.5. The van der Waals surface area contributed by atoms with Crippen molar-refractivity contribution in [2.24, 2.45) is 17.0 Å². The van der Waals surface area contributed by atoms with Gasteiger partial charge in [0.15, 0.2) is 5.76 Å². The molecule has 2 aliphatic rings. The summed E-state index contributed by atoms with van der Waals surface area (Å²) in [4.78, 5) is 29.9. The Bertz CT molecular complexity index is 1760. The van der Waals surface area contributed by atoms with Gasteiger partial charge in [-0.1, -0.05) is 35.8 Å². The number of carboxylic acid groups (broad SMARTS) is 1. The molecule has 0 aromatic heterocycles. The molecule has 1 aliphatic heterocycles. The van der Waals surface area contributed by atoms with Crippen molar-refractivity contribution >= 4 is 40.8 Å². The number of aliphatic carboxylic acids is 1. The van der Waals surface area contributed by atoms with Crippen LogP contribution in [0.25, 0.3) is 5.76 Å². The Morgan fingerprint density at radius 3 is 2.47 bits per heavy atom. The fourth-order valence-electron chi connectivity index (χ4n) is 5.84. The standard InChI is InChI=1S/C37H40ClF2N3O6/c1-20-5-14-32(22-7-10-25(11-8-22)41-36(47)48-37(2,3)4)49-43-34(20)26-12-6-21(15-30(26)40)16-31(35(45)46)42-33(44)19-24-17-27(24)23-9-13-29(39)28(38)18-23/h6-15,18,20,24,27,31,33,42,44H,5,16-17,19H2,1-4H3,(H,41,47)(H,45,46). The molecule has 0 radical (unpaired) electrons. The number of hydrogen-bond donors (Lipinski definition) is 4. The number of aliphatic hydroxyl groups excluding tert-OH is 1. The minimum absolute atomic E-state index is 0.0403. The number of allylic oxidation sites excluding steroid dienone is 1. The van der Waals surface area contributed by atoms with Gasteiger partial charge < -0.3 is 19.8 Å². The lowest BCUT2D eigenvalue weighted by Gasteiger charge is -2.20. The van der Waals surface area contributed by atoms with Gasteiger partial charge in [0.05, 0.1) is 10.7 Å². The molecule has 0 bridgehead atoms. The van der Waals surface area contributed by atoms with Crippen LogP contribution in [0.15, 0.2) is 71.9 Å². The van der Waals surface area contributed by atoms with Crippen molar-refractivity contribution in [3.63, 3.8) is 0 Å². The third-order valence-electron chi connectivity index (χ3n) is 8.44. The van der Waals surface area contributed by atoms with E-state index in [2.05, 4.69) is 15.8 Å². The zero-order valence-corrected chi connectivity index (χ0v) is 28.4. The maximum Gasteiger partial charge on any atom is 0.412 e. The predicted octanol–water partition coefficient (Wildman–Crippen LogP) is 7.86. The van der Waals surface area contributed by atoms with E-state index in [4.69, 9.17) is 21.2 Å². The van der Waals surface area contributed by atoms with E-state index >= 15 is 4.39 Å². The average Bonchev–Trinajstić information content (AvgIpc) is 3.81. The molecule has 9 nitrogen and oxygen atoms in total. The summed E-state index contributed by atoms with van der Waals surface area (Å²) in [6.07, 6.45) is 1.74. The number of carbonyl (C=O) groups excluding carboxylic acids is 1. The van der Waals surface area contributed by atoms with Crippen LogP contribution in [0.1, 0.15) is 75.1 Å². The van der Waals surface area contributed by atoms with Crippen LogP contribution in [0, 0.1) is 23.5 Å². The van der Waals surface area contributed by atoms with Crippen LogP contribution >= 0.6 is 11.6 Å². The van der Waals surface area contributed by atoms with Gasteiger partial charge in [-0.15, -0.1) is 0 Å². The summed E-state index contributed by atoms with van der Waals surface area (Å²) in [5.74, 6) is -1.75. The number of benzene rings is 3. The molecule has 1 heterocycles. The van der Waals surface area contributed by atoms with Gasteiger partial charge in [0.1, 0.15) is 29.5 Å². The number of carboxylic acids is 1. The number of amides is 1. The Balaban J connectivity index is 1.18. The molecule has 260 valence electrons. The second-order valence-electron chi connectivity index (χ2n) is 13.6. The monoisotopic (exact) mass is 695 g/mol. The van der Waals surface area contributed by atoms with Gasteiger partial charge in [0, 0.05) is 22.7 Å². The summed E-state index contributed by atoms with van der Waals surface area (Å²) < 4.78 is 34.3. The van der Waals surface area contributed by atoms with E-state index in [1.54, 1.807) is 69.3 Å². The Labute approximate surface area is 289 Å². The molecule has 1 saturated carbocycles. The van der Waals surface area contributed by atoms with Gasteiger partial charge in [-0.05, 0) is 124 Å². The maximum atomic E-state index is 15.5. The van der Waals surface area contributed by atoms with Crippen molar-refractivity contribution in [3.8, 4) is 0 Å². The molecule has 3 aromatic rings. The highest BCUT2D eigenvalue weighted by Gasteiger charge is 2.40. The Hall–Kier alpha value is -4.32. The average molecular weight is 696 g/mol. The van der Waals surface area contributed by atoms with Crippen LogP contribution in [-0.4, -0.2) is 45.9 Å². The molecular formula is C37H40ClF2N3O6. The second-order valence-corrected chi connectivity index (χ2v) is 14.0. The number of carbonyl (C=O) groups is 2. The normalized spacial score (nSPS) is 20.2. The molecule has 5 rings (SSSR count). The van der Waals surface area contributed by atoms with E-state index in [9.17, 15) is 24.2 Å². The van der Waals surface area contributed by atoms with Gasteiger partial charge >= 0.3 is 12.1 Å². The Morgan fingerprint density at radius 2 is 1.82 bits per heavy atom. The van der Waals surface area contributed by atoms with Crippen molar-refractivity contribution in [1.82, 2.24) is 5.32 Å². The lowest BCUT2D eigenvalue weighted by Crippen LogP contribution is -2.45. The number of aliphatic hydroxyl groups is 1. The zero-order valence-electron chi connectivity index (χ0n) is 27.7. The lowest BCUT2D eigenvalue weighted by molar-refractivity contribution is -0.140. The fraction of sp³-hybridized carbons (Fsp3) is 0.378. The Kier molecular flexibility index (Phi) is 11.1. The molecule has 4 N–H and O–H groups in total. The van der Waals surface area contributed by atoms with Crippen LogP contribution in [0.3, 0.4) is 0 Å². The van der Waals surface area contributed by atoms with E-state index in [0.29, 0.717) is 41.1 Å². The summed E-state index contributed by atoms with van der Waals surface area (Å²) in [6.45, 7) is 7.25. The van der Waals surface area contributed by atoms with Crippen LogP contribution in [0.2, 0.25) is 5.02 Å². The first-order valence-corrected chi connectivity index (χ1v) is 16.5. The first-order chi connectivity index (χ1) is 23.2. The summed E-state index contributed by atoms with van der Waals surface area (Å²) in [6, 6.07) is 14.8. The van der Waals surface area contributed by atoms with Crippen molar-refractivity contribution in [2.75, 3.05) is 5.32 Å². The van der Waals surface area contributed by atoms with E-state index in [1.165, 1.54) is 12.1 Å². The summed E-state index contributed by atoms with van der Waals surface area (Å²) >= 11 is 5.90.